The highest BCUT2D eigenvalue weighted by Gasteiger charge is 2.12. The average Bonchev–Trinajstić information content (AvgIpc) is 3.30. The molecule has 6 nitrogen and oxygen atoms in total. The zero-order valence-electron chi connectivity index (χ0n) is 15.8. The van der Waals surface area contributed by atoms with Crippen molar-refractivity contribution in [2.45, 2.75) is 6.54 Å². The molecular weight excluding hydrogens is 348 g/mol. The Hall–Kier alpha value is -3.51. The third-order valence-corrected chi connectivity index (χ3v) is 4.87. The topological polar surface area (TPSA) is 73.5 Å². The first-order valence-electron chi connectivity index (χ1n) is 9.17. The minimum absolute atomic E-state index is 0.864. The normalized spacial score (nSPS) is 11.7. The van der Waals surface area contributed by atoms with Crippen LogP contribution in [0.4, 0.5) is 0 Å². The SMILES string of the molecule is CN(C)Cc1cncc(-c2ccc3[nH]nc(-c4cc5ccncc5[nH]4)c3c2)c1. The number of nitrogens with one attached hydrogen (secondary N) is 2. The van der Waals surface area contributed by atoms with Gasteiger partial charge >= 0.3 is 0 Å². The summed E-state index contributed by atoms with van der Waals surface area (Å²) >= 11 is 0. The van der Waals surface area contributed by atoms with Crippen LogP contribution in [0.15, 0.2) is 61.2 Å². The van der Waals surface area contributed by atoms with Gasteiger partial charge in [0.2, 0.25) is 0 Å². The van der Waals surface area contributed by atoms with Gasteiger partial charge in [-0.25, -0.2) is 0 Å². The summed E-state index contributed by atoms with van der Waals surface area (Å²) in [5.74, 6) is 0. The molecule has 5 rings (SSSR count). The molecule has 28 heavy (non-hydrogen) atoms. The summed E-state index contributed by atoms with van der Waals surface area (Å²) in [5.41, 5.74) is 7.32. The maximum atomic E-state index is 4.55. The smallest absolute Gasteiger partial charge is 0.116 e. The van der Waals surface area contributed by atoms with Crippen LogP contribution in [0.1, 0.15) is 5.56 Å². The van der Waals surface area contributed by atoms with Crippen molar-refractivity contribution < 1.29 is 0 Å². The van der Waals surface area contributed by atoms with Gasteiger partial charge in [0.05, 0.1) is 22.9 Å². The van der Waals surface area contributed by atoms with Crippen molar-refractivity contribution in [1.29, 1.82) is 0 Å². The molecule has 0 spiro atoms. The molecule has 0 saturated carbocycles. The molecule has 2 N–H and O–H groups in total. The van der Waals surface area contributed by atoms with Crippen molar-refractivity contribution >= 4 is 21.8 Å². The van der Waals surface area contributed by atoms with Crippen LogP contribution in [0.3, 0.4) is 0 Å². The highest BCUT2D eigenvalue weighted by molar-refractivity contribution is 5.97. The van der Waals surface area contributed by atoms with Crippen molar-refractivity contribution in [3.63, 3.8) is 0 Å². The van der Waals surface area contributed by atoms with Gasteiger partial charge in [-0.2, -0.15) is 5.10 Å². The second-order valence-electron chi connectivity index (χ2n) is 7.30. The van der Waals surface area contributed by atoms with E-state index in [4.69, 9.17) is 0 Å². The van der Waals surface area contributed by atoms with Crippen LogP contribution in [0.25, 0.3) is 44.3 Å². The molecule has 0 aliphatic heterocycles. The summed E-state index contributed by atoms with van der Waals surface area (Å²) < 4.78 is 0. The van der Waals surface area contributed by atoms with Gasteiger partial charge < -0.3 is 9.88 Å². The van der Waals surface area contributed by atoms with E-state index < -0.39 is 0 Å². The van der Waals surface area contributed by atoms with Crippen molar-refractivity contribution in [3.05, 3.63) is 66.7 Å². The number of benzene rings is 1. The molecule has 138 valence electrons. The van der Waals surface area contributed by atoms with Gasteiger partial charge in [-0.05, 0) is 55.6 Å². The molecular formula is C22H20N6. The number of pyridine rings is 2. The second-order valence-corrected chi connectivity index (χ2v) is 7.30. The Bertz CT molecular complexity index is 1250. The van der Waals surface area contributed by atoms with E-state index in [9.17, 15) is 0 Å². The van der Waals surface area contributed by atoms with Crippen molar-refractivity contribution in [2.24, 2.45) is 0 Å². The molecule has 0 aliphatic carbocycles. The third-order valence-electron chi connectivity index (χ3n) is 4.87. The lowest BCUT2D eigenvalue weighted by molar-refractivity contribution is 0.402. The molecule has 4 heterocycles. The van der Waals surface area contributed by atoms with Gasteiger partial charge in [0.25, 0.3) is 0 Å². The summed E-state index contributed by atoms with van der Waals surface area (Å²) in [7, 11) is 4.12. The van der Waals surface area contributed by atoms with E-state index in [0.717, 1.165) is 50.9 Å². The van der Waals surface area contributed by atoms with Crippen molar-refractivity contribution in [2.75, 3.05) is 14.1 Å². The molecule has 0 amide bonds. The quantitative estimate of drug-likeness (QED) is 0.498. The first kappa shape index (κ1) is 16.6. The number of aromatic amines is 2. The second kappa shape index (κ2) is 6.58. The standard InChI is InChI=1S/C22H20N6/c1-28(2)13-14-7-17(11-24-10-14)15-3-4-19-18(8-15)22(27-26-19)20-9-16-5-6-23-12-21(16)25-20/h3-12,25H,13H2,1-2H3,(H,26,27). The number of aromatic nitrogens is 5. The first-order chi connectivity index (χ1) is 13.7. The van der Waals surface area contributed by atoms with Crippen LogP contribution in [-0.2, 0) is 6.54 Å². The number of rotatable bonds is 4. The lowest BCUT2D eigenvalue weighted by Gasteiger charge is -2.10. The Morgan fingerprint density at radius 2 is 1.82 bits per heavy atom. The molecule has 0 fully saturated rings. The van der Waals surface area contributed by atoms with Crippen molar-refractivity contribution in [1.82, 2.24) is 30.0 Å². The monoisotopic (exact) mass is 368 g/mol. The van der Waals surface area contributed by atoms with Crippen LogP contribution >= 0.6 is 0 Å². The number of H-pyrrole nitrogens is 2. The zero-order valence-corrected chi connectivity index (χ0v) is 15.8. The van der Waals surface area contributed by atoms with Gasteiger partial charge in [-0.3, -0.25) is 15.1 Å². The molecule has 1 aromatic carbocycles. The largest absolute Gasteiger partial charge is 0.352 e. The molecule has 6 heteroatoms. The highest BCUT2D eigenvalue weighted by atomic mass is 15.1. The van der Waals surface area contributed by atoms with Crippen LogP contribution in [-0.4, -0.2) is 44.1 Å². The fourth-order valence-corrected chi connectivity index (χ4v) is 3.60. The maximum Gasteiger partial charge on any atom is 0.116 e. The zero-order chi connectivity index (χ0) is 19.1. The molecule has 4 aromatic heterocycles. The Balaban J connectivity index is 1.60. The highest BCUT2D eigenvalue weighted by Crippen LogP contribution is 2.31. The van der Waals surface area contributed by atoms with Gasteiger partial charge in [-0.1, -0.05) is 6.07 Å². The minimum Gasteiger partial charge on any atom is -0.352 e. The molecule has 0 bridgehead atoms. The van der Waals surface area contributed by atoms with Gasteiger partial charge in [0, 0.05) is 41.5 Å². The van der Waals surface area contributed by atoms with Crippen LogP contribution < -0.4 is 0 Å². The van der Waals surface area contributed by atoms with E-state index in [1.807, 2.05) is 24.7 Å². The Kier molecular flexibility index (Phi) is 3.91. The predicted molar refractivity (Wildman–Crippen MR) is 112 cm³/mol. The molecule has 0 aliphatic rings. The van der Waals surface area contributed by atoms with E-state index in [1.54, 1.807) is 6.20 Å². The van der Waals surface area contributed by atoms with Crippen molar-refractivity contribution in [3.8, 4) is 22.5 Å². The lowest BCUT2D eigenvalue weighted by Crippen LogP contribution is -2.10. The summed E-state index contributed by atoms with van der Waals surface area (Å²) in [4.78, 5) is 14.2. The van der Waals surface area contributed by atoms with Crippen LogP contribution in [0.5, 0.6) is 0 Å². The van der Waals surface area contributed by atoms with E-state index in [2.05, 4.69) is 74.5 Å². The molecule has 0 unspecified atom stereocenters. The number of hydrogen-bond acceptors (Lipinski definition) is 4. The first-order valence-corrected chi connectivity index (χ1v) is 9.17. The summed E-state index contributed by atoms with van der Waals surface area (Å²) in [5, 5.41) is 9.89. The summed E-state index contributed by atoms with van der Waals surface area (Å²) in [6.45, 7) is 0.864. The fourth-order valence-electron chi connectivity index (χ4n) is 3.60. The van der Waals surface area contributed by atoms with Crippen LogP contribution in [0.2, 0.25) is 0 Å². The fraction of sp³-hybridized carbons (Fsp3) is 0.136. The average molecular weight is 368 g/mol. The third kappa shape index (κ3) is 2.93. The van der Waals surface area contributed by atoms with E-state index in [0.29, 0.717) is 0 Å². The molecule has 5 aromatic rings. The van der Waals surface area contributed by atoms with E-state index >= 15 is 0 Å². The van der Waals surface area contributed by atoms with Gasteiger partial charge in [0.1, 0.15) is 5.69 Å². The van der Waals surface area contributed by atoms with E-state index in [1.165, 1.54) is 5.56 Å². The number of nitrogens with zero attached hydrogens (tertiary/aromatic N) is 4. The predicted octanol–water partition coefficient (Wildman–Crippen LogP) is 4.23. The lowest BCUT2D eigenvalue weighted by atomic mass is 10.0. The summed E-state index contributed by atoms with van der Waals surface area (Å²) in [6.07, 6.45) is 7.47. The Labute approximate surface area is 162 Å². The molecule has 0 saturated heterocycles. The van der Waals surface area contributed by atoms with E-state index in [-0.39, 0.29) is 0 Å². The van der Waals surface area contributed by atoms with Gasteiger partial charge in [-0.15, -0.1) is 0 Å². The molecule has 0 radical (unpaired) electrons. The maximum absolute atomic E-state index is 4.55. The van der Waals surface area contributed by atoms with Crippen LogP contribution in [0, 0.1) is 0 Å². The molecule has 0 atom stereocenters. The summed E-state index contributed by atoms with van der Waals surface area (Å²) in [6, 6.07) is 12.7. The van der Waals surface area contributed by atoms with Gasteiger partial charge in [0.15, 0.2) is 0 Å². The Morgan fingerprint density at radius 3 is 2.68 bits per heavy atom. The number of fused-ring (bicyclic) bond motifs is 2. The Morgan fingerprint density at radius 1 is 0.893 bits per heavy atom. The number of hydrogen-bond donors (Lipinski definition) is 2. The minimum atomic E-state index is 0.864.